The fourth-order valence-corrected chi connectivity index (χ4v) is 1.99. The van der Waals surface area contributed by atoms with Gasteiger partial charge in [0.25, 0.3) is 0 Å². The van der Waals surface area contributed by atoms with Gasteiger partial charge in [-0.25, -0.2) is 14.6 Å². The van der Waals surface area contributed by atoms with Crippen molar-refractivity contribution in [2.24, 2.45) is 0 Å². The lowest BCUT2D eigenvalue weighted by Gasteiger charge is -2.24. The molecular formula is C12H18N4O4. The van der Waals surface area contributed by atoms with Crippen molar-refractivity contribution in [1.82, 2.24) is 20.2 Å². The van der Waals surface area contributed by atoms with E-state index < -0.39 is 18.0 Å². The van der Waals surface area contributed by atoms with Crippen LogP contribution in [0, 0.1) is 0 Å². The van der Waals surface area contributed by atoms with Crippen LogP contribution in [0.4, 0.5) is 4.79 Å². The lowest BCUT2D eigenvalue weighted by atomic mass is 10.1. The van der Waals surface area contributed by atoms with Crippen LogP contribution < -0.4 is 5.32 Å². The number of carboxylic acids is 1. The number of hydrogen-bond donors (Lipinski definition) is 4. The van der Waals surface area contributed by atoms with E-state index in [1.165, 1.54) is 17.4 Å². The molecule has 1 atom stereocenters. The van der Waals surface area contributed by atoms with Crippen molar-refractivity contribution in [3.63, 3.8) is 0 Å². The summed E-state index contributed by atoms with van der Waals surface area (Å²) >= 11 is 0. The molecule has 1 aliphatic carbocycles. The Morgan fingerprint density at radius 2 is 2.30 bits per heavy atom. The molecule has 0 radical (unpaired) electrons. The number of imidazole rings is 1. The molecule has 1 fully saturated rings. The van der Waals surface area contributed by atoms with Crippen LogP contribution in [-0.4, -0.2) is 62.3 Å². The van der Waals surface area contributed by atoms with Crippen molar-refractivity contribution >= 4 is 12.0 Å². The first kappa shape index (κ1) is 14.3. The van der Waals surface area contributed by atoms with Crippen LogP contribution in [0.25, 0.3) is 0 Å². The Morgan fingerprint density at radius 3 is 2.80 bits per heavy atom. The van der Waals surface area contributed by atoms with Crippen molar-refractivity contribution in [2.45, 2.75) is 31.3 Å². The molecule has 1 aliphatic rings. The number of aromatic nitrogens is 2. The van der Waals surface area contributed by atoms with Crippen molar-refractivity contribution in [2.75, 3.05) is 13.2 Å². The number of nitrogens with zero attached hydrogens (tertiary/aromatic N) is 2. The van der Waals surface area contributed by atoms with E-state index in [0.717, 1.165) is 12.8 Å². The number of aromatic amines is 1. The summed E-state index contributed by atoms with van der Waals surface area (Å²) in [5.41, 5.74) is 0.637. The summed E-state index contributed by atoms with van der Waals surface area (Å²) in [5, 5.41) is 20.6. The minimum Gasteiger partial charge on any atom is -0.480 e. The van der Waals surface area contributed by atoms with Gasteiger partial charge < -0.3 is 25.4 Å². The van der Waals surface area contributed by atoms with Gasteiger partial charge >= 0.3 is 12.0 Å². The first-order valence-electron chi connectivity index (χ1n) is 6.50. The zero-order chi connectivity index (χ0) is 14.5. The zero-order valence-corrected chi connectivity index (χ0v) is 11.0. The normalized spacial score (nSPS) is 15.7. The third-order valence-electron chi connectivity index (χ3n) is 3.16. The molecule has 20 heavy (non-hydrogen) atoms. The smallest absolute Gasteiger partial charge is 0.326 e. The summed E-state index contributed by atoms with van der Waals surface area (Å²) in [7, 11) is 0. The van der Waals surface area contributed by atoms with Gasteiger partial charge in [-0.15, -0.1) is 0 Å². The highest BCUT2D eigenvalue weighted by Crippen LogP contribution is 2.26. The number of aliphatic hydroxyl groups is 1. The molecule has 1 heterocycles. The summed E-state index contributed by atoms with van der Waals surface area (Å²) < 4.78 is 0. The summed E-state index contributed by atoms with van der Waals surface area (Å²) in [5.74, 6) is -1.10. The van der Waals surface area contributed by atoms with Crippen LogP contribution in [-0.2, 0) is 11.2 Å². The minimum absolute atomic E-state index is 0.115. The Hall–Kier alpha value is -2.09. The maximum absolute atomic E-state index is 12.1. The molecule has 0 saturated heterocycles. The summed E-state index contributed by atoms with van der Waals surface area (Å²) in [6.07, 6.45) is 4.91. The van der Waals surface area contributed by atoms with E-state index in [9.17, 15) is 9.59 Å². The third-order valence-corrected chi connectivity index (χ3v) is 3.16. The van der Waals surface area contributed by atoms with Crippen molar-refractivity contribution in [1.29, 1.82) is 0 Å². The number of nitrogens with one attached hydrogen (secondary N) is 2. The number of aliphatic carboxylic acids is 1. The average Bonchev–Trinajstić information content (AvgIpc) is 3.12. The van der Waals surface area contributed by atoms with Crippen LogP contribution in [0.5, 0.6) is 0 Å². The van der Waals surface area contributed by atoms with Crippen LogP contribution >= 0.6 is 0 Å². The molecule has 1 aromatic heterocycles. The van der Waals surface area contributed by atoms with Crippen molar-refractivity contribution in [3.05, 3.63) is 18.2 Å². The van der Waals surface area contributed by atoms with Gasteiger partial charge in [-0.05, 0) is 12.8 Å². The summed E-state index contributed by atoms with van der Waals surface area (Å²) in [4.78, 5) is 31.4. The average molecular weight is 282 g/mol. The Kier molecular flexibility index (Phi) is 4.57. The first-order chi connectivity index (χ1) is 9.61. The fourth-order valence-electron chi connectivity index (χ4n) is 1.99. The van der Waals surface area contributed by atoms with E-state index in [-0.39, 0.29) is 25.6 Å². The highest BCUT2D eigenvalue weighted by Gasteiger charge is 2.34. The minimum atomic E-state index is -1.10. The number of H-pyrrole nitrogens is 1. The Labute approximate surface area is 115 Å². The maximum Gasteiger partial charge on any atom is 0.326 e. The van der Waals surface area contributed by atoms with Gasteiger partial charge in [0, 0.05) is 30.9 Å². The number of carboxylic acid groups (broad SMARTS) is 1. The molecule has 110 valence electrons. The number of hydrogen-bond acceptors (Lipinski definition) is 4. The monoisotopic (exact) mass is 282 g/mol. The molecule has 4 N–H and O–H groups in total. The van der Waals surface area contributed by atoms with Crippen LogP contribution in [0.1, 0.15) is 18.5 Å². The van der Waals surface area contributed by atoms with Gasteiger partial charge in [0.2, 0.25) is 0 Å². The third kappa shape index (κ3) is 3.70. The van der Waals surface area contributed by atoms with Crippen LogP contribution in [0.15, 0.2) is 12.5 Å². The zero-order valence-electron chi connectivity index (χ0n) is 11.0. The fraction of sp³-hybridized carbons (Fsp3) is 0.583. The number of amides is 2. The van der Waals surface area contributed by atoms with Gasteiger partial charge in [0.1, 0.15) is 6.04 Å². The lowest BCUT2D eigenvalue weighted by molar-refractivity contribution is -0.139. The first-order valence-corrected chi connectivity index (χ1v) is 6.50. The molecule has 8 nitrogen and oxygen atoms in total. The van der Waals surface area contributed by atoms with Crippen molar-refractivity contribution < 1.29 is 19.8 Å². The molecule has 0 spiro atoms. The second-order valence-electron chi connectivity index (χ2n) is 4.77. The van der Waals surface area contributed by atoms with Gasteiger partial charge in [0.15, 0.2) is 0 Å². The lowest BCUT2D eigenvalue weighted by Crippen LogP contribution is -2.50. The molecular weight excluding hydrogens is 264 g/mol. The molecule has 0 aromatic carbocycles. The summed E-state index contributed by atoms with van der Waals surface area (Å²) in [6.45, 7) is 0.0785. The highest BCUT2D eigenvalue weighted by molar-refractivity contribution is 5.83. The predicted octanol–water partition coefficient (Wildman–Crippen LogP) is -0.428. The number of urea groups is 1. The molecule has 8 heteroatoms. The Morgan fingerprint density at radius 1 is 1.55 bits per heavy atom. The van der Waals surface area contributed by atoms with Gasteiger partial charge in [-0.2, -0.15) is 0 Å². The Balaban J connectivity index is 1.96. The Bertz CT molecular complexity index is 458. The van der Waals surface area contributed by atoms with Crippen LogP contribution in [0.3, 0.4) is 0 Å². The van der Waals surface area contributed by atoms with Gasteiger partial charge in [0.05, 0.1) is 12.9 Å². The number of rotatable bonds is 7. The molecule has 1 saturated carbocycles. The number of carbonyl (C=O) groups excluding carboxylic acids is 1. The molecule has 0 aliphatic heterocycles. The van der Waals surface area contributed by atoms with E-state index in [1.807, 2.05) is 0 Å². The second-order valence-corrected chi connectivity index (χ2v) is 4.77. The van der Waals surface area contributed by atoms with E-state index in [0.29, 0.717) is 5.69 Å². The molecule has 1 aromatic rings. The topological polar surface area (TPSA) is 119 Å². The molecule has 0 unspecified atom stereocenters. The van der Waals surface area contributed by atoms with Gasteiger partial charge in [-0.1, -0.05) is 0 Å². The van der Waals surface area contributed by atoms with E-state index in [2.05, 4.69) is 15.3 Å². The number of carbonyl (C=O) groups is 2. The molecule has 2 amide bonds. The quantitative estimate of drug-likeness (QED) is 0.541. The van der Waals surface area contributed by atoms with Crippen LogP contribution in [0.2, 0.25) is 0 Å². The predicted molar refractivity (Wildman–Crippen MR) is 69.1 cm³/mol. The number of aliphatic hydroxyl groups excluding tert-OH is 1. The SMILES string of the molecule is O=C(O)[C@@H](Cc1cnc[nH]1)NC(=O)N(CCO)C1CC1. The largest absolute Gasteiger partial charge is 0.480 e. The second kappa shape index (κ2) is 6.38. The van der Waals surface area contributed by atoms with E-state index in [4.69, 9.17) is 10.2 Å². The molecule has 0 bridgehead atoms. The van der Waals surface area contributed by atoms with E-state index >= 15 is 0 Å². The molecule has 2 rings (SSSR count). The van der Waals surface area contributed by atoms with Gasteiger partial charge in [-0.3, -0.25) is 0 Å². The maximum atomic E-state index is 12.1. The van der Waals surface area contributed by atoms with Crippen molar-refractivity contribution in [3.8, 4) is 0 Å². The highest BCUT2D eigenvalue weighted by atomic mass is 16.4. The standard InChI is InChI=1S/C12H18N4O4/c17-4-3-16(9-1-2-9)12(20)15-10(11(18)19)5-8-6-13-7-14-8/h6-7,9-10,17H,1-5H2,(H,13,14)(H,15,20)(H,18,19)/t10-/m1/s1. The summed E-state index contributed by atoms with van der Waals surface area (Å²) in [6, 6.07) is -1.36. The van der Waals surface area contributed by atoms with E-state index in [1.54, 1.807) is 0 Å².